The lowest BCUT2D eigenvalue weighted by molar-refractivity contribution is 0.734. The minimum Gasteiger partial charge on any atom is -0.353 e. The Morgan fingerprint density at radius 3 is 2.88 bits per heavy atom. The Hall–Kier alpha value is -1.61. The minimum atomic E-state index is 0.345. The van der Waals surface area contributed by atoms with Gasteiger partial charge in [-0.15, -0.1) is 0 Å². The standard InChI is InChI=1S/C13H12N2S/c16-13-14-11-8-4-5-9-12(11)15(13)10-6-2-1-3-7-10/h1-7,9,11H,8H2,(H,14,16). The molecule has 1 aliphatic carbocycles. The highest BCUT2D eigenvalue weighted by Gasteiger charge is 2.32. The number of anilines is 1. The van der Waals surface area contributed by atoms with Crippen molar-refractivity contribution in [2.75, 3.05) is 4.90 Å². The third-order valence-corrected chi connectivity index (χ3v) is 3.21. The van der Waals surface area contributed by atoms with Crippen molar-refractivity contribution >= 4 is 23.0 Å². The van der Waals surface area contributed by atoms with Gasteiger partial charge in [0, 0.05) is 11.4 Å². The molecule has 0 saturated carbocycles. The topological polar surface area (TPSA) is 15.3 Å². The van der Waals surface area contributed by atoms with E-state index in [2.05, 4.69) is 40.6 Å². The molecule has 1 saturated heterocycles. The van der Waals surface area contributed by atoms with Crippen LogP contribution in [0.2, 0.25) is 0 Å². The molecule has 0 aromatic heterocycles. The van der Waals surface area contributed by atoms with E-state index in [0.717, 1.165) is 17.2 Å². The second-order valence-corrected chi connectivity index (χ2v) is 4.32. The molecule has 3 rings (SSSR count). The Balaban J connectivity index is 2.03. The van der Waals surface area contributed by atoms with Gasteiger partial charge in [0.1, 0.15) is 0 Å². The zero-order chi connectivity index (χ0) is 11.0. The lowest BCUT2D eigenvalue weighted by Gasteiger charge is -2.20. The first-order chi connectivity index (χ1) is 7.86. The summed E-state index contributed by atoms with van der Waals surface area (Å²) < 4.78 is 0. The highest BCUT2D eigenvalue weighted by atomic mass is 32.1. The summed E-state index contributed by atoms with van der Waals surface area (Å²) in [5, 5.41) is 4.14. The van der Waals surface area contributed by atoms with Crippen molar-refractivity contribution in [1.82, 2.24) is 5.32 Å². The number of allylic oxidation sites excluding steroid dienone is 2. The zero-order valence-corrected chi connectivity index (χ0v) is 9.58. The molecule has 3 heteroatoms. The van der Waals surface area contributed by atoms with Crippen molar-refractivity contribution in [2.45, 2.75) is 12.5 Å². The molecule has 1 fully saturated rings. The molecule has 1 aromatic rings. The first kappa shape index (κ1) is 9.60. The van der Waals surface area contributed by atoms with Crippen LogP contribution < -0.4 is 10.2 Å². The fourth-order valence-corrected chi connectivity index (χ4v) is 2.51. The van der Waals surface area contributed by atoms with Gasteiger partial charge < -0.3 is 5.32 Å². The maximum Gasteiger partial charge on any atom is 0.178 e. The van der Waals surface area contributed by atoms with Gasteiger partial charge in [0.15, 0.2) is 5.11 Å². The second-order valence-electron chi connectivity index (χ2n) is 3.93. The number of hydrogen-bond acceptors (Lipinski definition) is 1. The van der Waals surface area contributed by atoms with Crippen LogP contribution in [0.1, 0.15) is 6.42 Å². The molecule has 1 N–H and O–H groups in total. The van der Waals surface area contributed by atoms with Gasteiger partial charge in [-0.2, -0.15) is 0 Å². The molecule has 1 unspecified atom stereocenters. The molecule has 1 aliphatic heterocycles. The Kier molecular flexibility index (Phi) is 2.26. The van der Waals surface area contributed by atoms with Crippen molar-refractivity contribution < 1.29 is 0 Å². The van der Waals surface area contributed by atoms with E-state index in [1.54, 1.807) is 0 Å². The first-order valence-electron chi connectivity index (χ1n) is 5.38. The Bertz CT molecular complexity index is 476. The summed E-state index contributed by atoms with van der Waals surface area (Å²) in [5.41, 5.74) is 2.38. The summed E-state index contributed by atoms with van der Waals surface area (Å²) >= 11 is 5.38. The van der Waals surface area contributed by atoms with Gasteiger partial charge in [-0.05, 0) is 36.8 Å². The van der Waals surface area contributed by atoms with Gasteiger partial charge in [-0.1, -0.05) is 30.4 Å². The van der Waals surface area contributed by atoms with Gasteiger partial charge in [-0.3, -0.25) is 4.90 Å². The minimum absolute atomic E-state index is 0.345. The highest BCUT2D eigenvalue weighted by Crippen LogP contribution is 2.29. The predicted molar refractivity (Wildman–Crippen MR) is 70.3 cm³/mol. The number of nitrogens with one attached hydrogen (secondary N) is 1. The van der Waals surface area contributed by atoms with Crippen LogP contribution in [-0.2, 0) is 0 Å². The fourth-order valence-electron chi connectivity index (χ4n) is 2.16. The van der Waals surface area contributed by atoms with Crippen LogP contribution in [0.3, 0.4) is 0 Å². The number of rotatable bonds is 1. The molecule has 80 valence electrons. The molecule has 2 nitrogen and oxygen atoms in total. The average molecular weight is 228 g/mol. The highest BCUT2D eigenvalue weighted by molar-refractivity contribution is 7.80. The van der Waals surface area contributed by atoms with E-state index in [1.807, 2.05) is 18.2 Å². The van der Waals surface area contributed by atoms with Gasteiger partial charge in [0.25, 0.3) is 0 Å². The summed E-state index contributed by atoms with van der Waals surface area (Å²) in [6.45, 7) is 0. The molecule has 0 spiro atoms. The van der Waals surface area contributed by atoms with Gasteiger partial charge in [0.05, 0.1) is 6.04 Å². The molecule has 1 heterocycles. The van der Waals surface area contributed by atoms with Gasteiger partial charge in [-0.25, -0.2) is 0 Å². The number of thiocarbonyl (C=S) groups is 1. The van der Waals surface area contributed by atoms with Gasteiger partial charge in [0.2, 0.25) is 0 Å². The summed E-state index contributed by atoms with van der Waals surface area (Å²) in [5.74, 6) is 0. The van der Waals surface area contributed by atoms with E-state index in [9.17, 15) is 0 Å². The van der Waals surface area contributed by atoms with E-state index >= 15 is 0 Å². The molecule has 0 amide bonds. The lowest BCUT2D eigenvalue weighted by atomic mass is 10.1. The number of fused-ring (bicyclic) bond motifs is 1. The fraction of sp³-hybridized carbons (Fsp3) is 0.154. The number of benzene rings is 1. The number of hydrogen-bond donors (Lipinski definition) is 1. The predicted octanol–water partition coefficient (Wildman–Crippen LogP) is 2.59. The molecule has 1 atom stereocenters. The first-order valence-corrected chi connectivity index (χ1v) is 5.79. The average Bonchev–Trinajstić information content (AvgIpc) is 2.66. The number of nitrogens with zero attached hydrogens (tertiary/aromatic N) is 1. The van der Waals surface area contributed by atoms with Crippen molar-refractivity contribution in [3.8, 4) is 0 Å². The van der Waals surface area contributed by atoms with Crippen LogP contribution in [0.5, 0.6) is 0 Å². The van der Waals surface area contributed by atoms with Crippen LogP contribution in [0.15, 0.2) is 54.3 Å². The second kappa shape index (κ2) is 3.76. The van der Waals surface area contributed by atoms with Crippen LogP contribution in [0, 0.1) is 0 Å². The van der Waals surface area contributed by atoms with Crippen LogP contribution in [-0.4, -0.2) is 11.2 Å². The number of para-hydroxylation sites is 1. The summed E-state index contributed by atoms with van der Waals surface area (Å²) in [6, 6.07) is 10.6. The normalized spacial score (nSPS) is 22.8. The van der Waals surface area contributed by atoms with Crippen molar-refractivity contribution in [1.29, 1.82) is 0 Å². The third kappa shape index (κ3) is 1.44. The van der Waals surface area contributed by atoms with E-state index in [4.69, 9.17) is 12.2 Å². The Morgan fingerprint density at radius 1 is 1.25 bits per heavy atom. The summed E-state index contributed by atoms with van der Waals surface area (Å²) in [6.07, 6.45) is 7.40. The zero-order valence-electron chi connectivity index (χ0n) is 8.76. The van der Waals surface area contributed by atoms with E-state index in [1.165, 1.54) is 5.70 Å². The SMILES string of the molecule is S=C1NC2CC=CC=C2N1c1ccccc1. The monoisotopic (exact) mass is 228 g/mol. The van der Waals surface area contributed by atoms with Gasteiger partial charge >= 0.3 is 0 Å². The Labute approximate surface area is 100 Å². The smallest absolute Gasteiger partial charge is 0.178 e. The molecule has 0 bridgehead atoms. The molecule has 16 heavy (non-hydrogen) atoms. The molecule has 2 aliphatic rings. The van der Waals surface area contributed by atoms with Crippen molar-refractivity contribution in [2.24, 2.45) is 0 Å². The maximum atomic E-state index is 5.38. The van der Waals surface area contributed by atoms with Crippen LogP contribution >= 0.6 is 12.2 Å². The summed E-state index contributed by atoms with van der Waals surface area (Å²) in [7, 11) is 0. The molecular weight excluding hydrogens is 216 g/mol. The van der Waals surface area contributed by atoms with E-state index in [-0.39, 0.29) is 0 Å². The summed E-state index contributed by atoms with van der Waals surface area (Å²) in [4.78, 5) is 2.11. The molecule has 1 aromatic carbocycles. The van der Waals surface area contributed by atoms with E-state index < -0.39 is 0 Å². The third-order valence-electron chi connectivity index (χ3n) is 2.91. The van der Waals surface area contributed by atoms with Crippen molar-refractivity contribution in [3.05, 3.63) is 54.3 Å². The van der Waals surface area contributed by atoms with Crippen LogP contribution in [0.4, 0.5) is 5.69 Å². The Morgan fingerprint density at radius 2 is 2.06 bits per heavy atom. The van der Waals surface area contributed by atoms with E-state index in [0.29, 0.717) is 6.04 Å². The lowest BCUT2D eigenvalue weighted by Crippen LogP contribution is -2.27. The van der Waals surface area contributed by atoms with Crippen LogP contribution in [0.25, 0.3) is 0 Å². The largest absolute Gasteiger partial charge is 0.353 e. The quantitative estimate of drug-likeness (QED) is 0.744. The maximum absolute atomic E-state index is 5.38. The molecule has 0 radical (unpaired) electrons. The molecular formula is C13H12N2S. The van der Waals surface area contributed by atoms with Crippen molar-refractivity contribution in [3.63, 3.8) is 0 Å².